The quantitative estimate of drug-likeness (QED) is 0.862. The molecule has 19 heavy (non-hydrogen) atoms. The third kappa shape index (κ3) is 3.26. The lowest BCUT2D eigenvalue weighted by Gasteiger charge is -2.27. The van der Waals surface area contributed by atoms with Gasteiger partial charge in [-0.1, -0.05) is 25.1 Å². The number of rotatable bonds is 4. The summed E-state index contributed by atoms with van der Waals surface area (Å²) in [5.41, 5.74) is 1.08. The van der Waals surface area contributed by atoms with Crippen LogP contribution in [0.1, 0.15) is 19.4 Å². The smallest absolute Gasteiger partial charge is 0.227 e. The molecule has 0 saturated carbocycles. The van der Waals surface area contributed by atoms with Crippen molar-refractivity contribution >= 4 is 5.91 Å². The number of carbonyl (C=O) groups is 1. The molecule has 0 saturated heterocycles. The second kappa shape index (κ2) is 6.06. The maximum absolute atomic E-state index is 12.2. The minimum Gasteiger partial charge on any atom is -0.492 e. The first kappa shape index (κ1) is 13.9. The lowest BCUT2D eigenvalue weighted by atomic mass is 9.95. The summed E-state index contributed by atoms with van der Waals surface area (Å²) in [6.07, 6.45) is 0.711. The first-order valence-corrected chi connectivity index (χ1v) is 6.73. The monoisotopic (exact) mass is 263 g/mol. The standard InChI is InChI=1S/C15H21NO3/c1-10(8-17)11(2)16-15(18)13-7-12-5-3-4-6-14(12)19-9-13/h3-6,10-11,13,17H,7-9H2,1-2H3,(H,16,18). The summed E-state index contributed by atoms with van der Waals surface area (Å²) in [5, 5.41) is 12.0. The van der Waals surface area contributed by atoms with E-state index in [1.54, 1.807) is 0 Å². The van der Waals surface area contributed by atoms with Crippen LogP contribution >= 0.6 is 0 Å². The van der Waals surface area contributed by atoms with Crippen molar-refractivity contribution in [1.29, 1.82) is 0 Å². The van der Waals surface area contributed by atoms with Crippen LogP contribution in [0.25, 0.3) is 0 Å². The van der Waals surface area contributed by atoms with Gasteiger partial charge in [-0.05, 0) is 30.9 Å². The van der Waals surface area contributed by atoms with E-state index in [2.05, 4.69) is 5.32 Å². The zero-order valence-electron chi connectivity index (χ0n) is 11.4. The molecule has 4 nitrogen and oxygen atoms in total. The lowest BCUT2D eigenvalue weighted by molar-refractivity contribution is -0.127. The van der Waals surface area contributed by atoms with Crippen LogP contribution in [0.2, 0.25) is 0 Å². The highest BCUT2D eigenvalue weighted by Crippen LogP contribution is 2.26. The van der Waals surface area contributed by atoms with E-state index < -0.39 is 0 Å². The highest BCUT2D eigenvalue weighted by Gasteiger charge is 2.27. The molecule has 0 aliphatic carbocycles. The Kier molecular flexibility index (Phi) is 4.43. The molecule has 1 aliphatic rings. The molecular formula is C15H21NO3. The summed E-state index contributed by atoms with van der Waals surface area (Å²) in [6, 6.07) is 7.78. The Morgan fingerprint density at radius 2 is 2.21 bits per heavy atom. The molecule has 104 valence electrons. The van der Waals surface area contributed by atoms with Gasteiger partial charge in [0.25, 0.3) is 0 Å². The van der Waals surface area contributed by atoms with Gasteiger partial charge < -0.3 is 15.2 Å². The Balaban J connectivity index is 1.95. The second-order valence-electron chi connectivity index (χ2n) is 5.28. The van der Waals surface area contributed by atoms with Crippen LogP contribution in [0, 0.1) is 11.8 Å². The van der Waals surface area contributed by atoms with E-state index in [0.29, 0.717) is 13.0 Å². The maximum atomic E-state index is 12.2. The van der Waals surface area contributed by atoms with Crippen molar-refractivity contribution in [3.8, 4) is 5.75 Å². The fourth-order valence-electron chi connectivity index (χ4n) is 2.14. The van der Waals surface area contributed by atoms with E-state index in [1.807, 2.05) is 38.1 Å². The van der Waals surface area contributed by atoms with Crippen molar-refractivity contribution in [2.75, 3.05) is 13.2 Å². The predicted octanol–water partition coefficient (Wildman–Crippen LogP) is 1.37. The summed E-state index contributed by atoms with van der Waals surface area (Å²) in [7, 11) is 0. The Bertz CT molecular complexity index is 447. The topological polar surface area (TPSA) is 58.6 Å². The minimum atomic E-state index is -0.150. The first-order chi connectivity index (χ1) is 9.11. The van der Waals surface area contributed by atoms with Crippen LogP contribution in [-0.2, 0) is 11.2 Å². The summed E-state index contributed by atoms with van der Waals surface area (Å²) in [5.74, 6) is 0.787. The van der Waals surface area contributed by atoms with E-state index in [4.69, 9.17) is 9.84 Å². The molecule has 1 amide bonds. The molecule has 0 radical (unpaired) electrons. The van der Waals surface area contributed by atoms with E-state index in [0.717, 1.165) is 11.3 Å². The molecule has 0 fully saturated rings. The van der Waals surface area contributed by atoms with Crippen molar-refractivity contribution in [1.82, 2.24) is 5.32 Å². The number of ether oxygens (including phenoxy) is 1. The largest absolute Gasteiger partial charge is 0.492 e. The number of carbonyl (C=O) groups excluding carboxylic acids is 1. The zero-order valence-corrected chi connectivity index (χ0v) is 11.4. The van der Waals surface area contributed by atoms with E-state index in [1.165, 1.54) is 0 Å². The van der Waals surface area contributed by atoms with Crippen molar-refractivity contribution in [3.63, 3.8) is 0 Å². The van der Waals surface area contributed by atoms with Gasteiger partial charge in [-0.3, -0.25) is 4.79 Å². The van der Waals surface area contributed by atoms with Crippen molar-refractivity contribution < 1.29 is 14.6 Å². The maximum Gasteiger partial charge on any atom is 0.227 e. The third-order valence-electron chi connectivity index (χ3n) is 3.76. The van der Waals surface area contributed by atoms with Crippen LogP contribution < -0.4 is 10.1 Å². The number of benzene rings is 1. The number of hydrogen-bond acceptors (Lipinski definition) is 3. The average Bonchev–Trinajstić information content (AvgIpc) is 2.45. The van der Waals surface area contributed by atoms with Crippen LogP contribution in [0.15, 0.2) is 24.3 Å². The van der Waals surface area contributed by atoms with Crippen LogP contribution in [0.3, 0.4) is 0 Å². The van der Waals surface area contributed by atoms with Gasteiger partial charge in [-0.25, -0.2) is 0 Å². The molecule has 3 atom stereocenters. The molecule has 0 spiro atoms. The van der Waals surface area contributed by atoms with Gasteiger partial charge in [-0.2, -0.15) is 0 Å². The average molecular weight is 263 g/mol. The summed E-state index contributed by atoms with van der Waals surface area (Å²) in [4.78, 5) is 12.2. The molecule has 2 rings (SSSR count). The SMILES string of the molecule is CC(CO)C(C)NC(=O)C1COc2ccccc2C1. The number of para-hydroxylation sites is 1. The number of fused-ring (bicyclic) bond motifs is 1. The van der Waals surface area contributed by atoms with Gasteiger partial charge in [0.2, 0.25) is 5.91 Å². The third-order valence-corrected chi connectivity index (χ3v) is 3.76. The molecule has 1 heterocycles. The highest BCUT2D eigenvalue weighted by atomic mass is 16.5. The molecule has 0 aromatic heterocycles. The number of amides is 1. The van der Waals surface area contributed by atoms with Gasteiger partial charge in [0, 0.05) is 12.6 Å². The Morgan fingerprint density at radius 1 is 1.47 bits per heavy atom. The predicted molar refractivity (Wildman–Crippen MR) is 73.0 cm³/mol. The number of nitrogens with one attached hydrogen (secondary N) is 1. The number of aliphatic hydroxyl groups is 1. The van der Waals surface area contributed by atoms with Gasteiger partial charge in [0.1, 0.15) is 12.4 Å². The minimum absolute atomic E-state index is 0.00213. The molecule has 3 unspecified atom stereocenters. The Morgan fingerprint density at radius 3 is 2.95 bits per heavy atom. The van der Waals surface area contributed by atoms with Gasteiger partial charge >= 0.3 is 0 Å². The zero-order chi connectivity index (χ0) is 13.8. The molecular weight excluding hydrogens is 242 g/mol. The Hall–Kier alpha value is -1.55. The fourth-order valence-corrected chi connectivity index (χ4v) is 2.14. The number of aliphatic hydroxyl groups excluding tert-OH is 1. The van der Waals surface area contributed by atoms with Gasteiger partial charge in [0.05, 0.1) is 5.92 Å². The molecule has 2 N–H and O–H groups in total. The van der Waals surface area contributed by atoms with Crippen molar-refractivity contribution in [3.05, 3.63) is 29.8 Å². The number of hydrogen-bond donors (Lipinski definition) is 2. The lowest BCUT2D eigenvalue weighted by Crippen LogP contribution is -2.44. The van der Waals surface area contributed by atoms with Crippen molar-refractivity contribution in [2.45, 2.75) is 26.3 Å². The molecule has 1 aromatic carbocycles. The van der Waals surface area contributed by atoms with Crippen LogP contribution in [0.5, 0.6) is 5.75 Å². The van der Waals surface area contributed by atoms with Gasteiger partial charge in [0.15, 0.2) is 0 Å². The van der Waals surface area contributed by atoms with E-state index in [-0.39, 0.29) is 30.4 Å². The second-order valence-corrected chi connectivity index (χ2v) is 5.28. The fraction of sp³-hybridized carbons (Fsp3) is 0.533. The van der Waals surface area contributed by atoms with Gasteiger partial charge in [-0.15, -0.1) is 0 Å². The summed E-state index contributed by atoms with van der Waals surface area (Å²) in [6.45, 7) is 4.32. The first-order valence-electron chi connectivity index (χ1n) is 6.73. The van der Waals surface area contributed by atoms with E-state index >= 15 is 0 Å². The van der Waals surface area contributed by atoms with Crippen LogP contribution in [-0.4, -0.2) is 30.3 Å². The Labute approximate surface area is 113 Å². The van der Waals surface area contributed by atoms with Crippen molar-refractivity contribution in [2.24, 2.45) is 11.8 Å². The summed E-state index contributed by atoms with van der Waals surface area (Å²) < 4.78 is 5.62. The normalized spacial score (nSPS) is 20.9. The molecule has 0 bridgehead atoms. The highest BCUT2D eigenvalue weighted by molar-refractivity contribution is 5.79. The van der Waals surface area contributed by atoms with Crippen LogP contribution in [0.4, 0.5) is 0 Å². The van der Waals surface area contributed by atoms with E-state index in [9.17, 15) is 4.79 Å². The molecule has 1 aromatic rings. The summed E-state index contributed by atoms with van der Waals surface area (Å²) >= 11 is 0. The molecule has 1 aliphatic heterocycles. The molecule has 4 heteroatoms.